The highest BCUT2D eigenvalue weighted by Gasteiger charge is 2.35. The van der Waals surface area contributed by atoms with E-state index in [1.807, 2.05) is 0 Å². The first kappa shape index (κ1) is 16.0. The fourth-order valence-corrected chi connectivity index (χ4v) is 3.45. The molecule has 0 amide bonds. The summed E-state index contributed by atoms with van der Waals surface area (Å²) in [5.41, 5.74) is 0. The van der Waals surface area contributed by atoms with Crippen molar-refractivity contribution in [3.63, 3.8) is 0 Å². The minimum absolute atomic E-state index is 0.00124. The quantitative estimate of drug-likeness (QED) is 0.554. The van der Waals surface area contributed by atoms with Crippen LogP contribution in [0.15, 0.2) is 0 Å². The third-order valence-corrected chi connectivity index (χ3v) is 4.99. The molecule has 6 heteroatoms. The molecule has 1 saturated carbocycles. The van der Waals surface area contributed by atoms with E-state index in [-0.39, 0.29) is 9.97 Å². The van der Waals surface area contributed by atoms with Gasteiger partial charge in [0.2, 0.25) is 0 Å². The highest BCUT2D eigenvalue weighted by molar-refractivity contribution is 14.1. The van der Waals surface area contributed by atoms with Crippen molar-refractivity contribution in [1.29, 1.82) is 5.26 Å². The molecule has 0 bridgehead atoms. The Morgan fingerprint density at radius 2 is 2.11 bits per heavy atom. The summed E-state index contributed by atoms with van der Waals surface area (Å²) in [6.07, 6.45) is -0.0338. The van der Waals surface area contributed by atoms with Crippen molar-refractivity contribution >= 4 is 22.6 Å². The zero-order valence-corrected chi connectivity index (χ0v) is 12.5. The maximum absolute atomic E-state index is 12.4. The van der Waals surface area contributed by atoms with Crippen molar-refractivity contribution in [2.75, 3.05) is 13.6 Å². The van der Waals surface area contributed by atoms with Crippen molar-refractivity contribution < 1.29 is 13.2 Å². The predicted octanol–water partition coefficient (Wildman–Crippen LogP) is 3.76. The molecule has 3 atom stereocenters. The molecule has 0 aliphatic heterocycles. The molecule has 1 aliphatic rings. The molecular formula is C12H18F3IN2. The Bertz CT molecular complexity index is 301. The molecule has 0 N–H and O–H groups in total. The molecule has 0 aromatic rings. The normalized spacial score (nSPS) is 26.9. The fourth-order valence-electron chi connectivity index (χ4n) is 2.60. The minimum atomic E-state index is -4.13. The van der Waals surface area contributed by atoms with Crippen LogP contribution in [0.5, 0.6) is 0 Å². The van der Waals surface area contributed by atoms with Crippen molar-refractivity contribution in [3.8, 4) is 6.07 Å². The smallest absolute Gasteiger partial charge is 0.295 e. The summed E-state index contributed by atoms with van der Waals surface area (Å²) >= 11 is 2.26. The van der Waals surface area contributed by atoms with E-state index in [0.29, 0.717) is 12.3 Å². The van der Waals surface area contributed by atoms with Gasteiger partial charge in [0.05, 0.1) is 12.6 Å². The maximum Gasteiger partial charge on any atom is 0.401 e. The van der Waals surface area contributed by atoms with Gasteiger partial charge in [-0.3, -0.25) is 4.90 Å². The van der Waals surface area contributed by atoms with Crippen LogP contribution >= 0.6 is 22.6 Å². The summed E-state index contributed by atoms with van der Waals surface area (Å²) in [7, 11) is 1.55. The Morgan fingerprint density at radius 3 is 2.67 bits per heavy atom. The van der Waals surface area contributed by atoms with E-state index < -0.39 is 12.7 Å². The Balaban J connectivity index is 2.50. The molecule has 0 aromatic carbocycles. The van der Waals surface area contributed by atoms with E-state index in [1.54, 1.807) is 7.05 Å². The van der Waals surface area contributed by atoms with Gasteiger partial charge in [-0.1, -0.05) is 29.0 Å². The third kappa shape index (κ3) is 5.31. The summed E-state index contributed by atoms with van der Waals surface area (Å²) < 4.78 is 37.3. The van der Waals surface area contributed by atoms with E-state index in [4.69, 9.17) is 5.26 Å². The van der Waals surface area contributed by atoms with Crippen LogP contribution in [-0.4, -0.2) is 34.6 Å². The second kappa shape index (κ2) is 6.94. The predicted molar refractivity (Wildman–Crippen MR) is 72.5 cm³/mol. The van der Waals surface area contributed by atoms with Crippen molar-refractivity contribution in [2.24, 2.45) is 5.92 Å². The second-order valence-corrected chi connectivity index (χ2v) is 6.59. The SMILES string of the molecule is CN(CC(F)(F)F)[C@@H]1CCCC(C(I)CC#N)C1. The Kier molecular flexibility index (Phi) is 6.18. The lowest BCUT2D eigenvalue weighted by Crippen LogP contribution is -2.42. The Labute approximate surface area is 120 Å². The van der Waals surface area contributed by atoms with Crippen LogP contribution in [0.1, 0.15) is 32.1 Å². The number of nitrogens with zero attached hydrogens (tertiary/aromatic N) is 2. The minimum Gasteiger partial charge on any atom is -0.295 e. The third-order valence-electron chi connectivity index (χ3n) is 3.54. The van der Waals surface area contributed by atoms with E-state index in [9.17, 15) is 13.2 Å². The Hall–Kier alpha value is -0.0300. The summed E-state index contributed by atoms with van der Waals surface area (Å²) in [5, 5.41) is 8.68. The summed E-state index contributed by atoms with van der Waals surface area (Å²) in [4.78, 5) is 1.42. The second-order valence-electron chi connectivity index (χ2n) is 4.99. The van der Waals surface area contributed by atoms with E-state index in [0.717, 1.165) is 25.7 Å². The monoisotopic (exact) mass is 374 g/mol. The number of hydrogen-bond donors (Lipinski definition) is 0. The van der Waals surface area contributed by atoms with Gasteiger partial charge in [0.25, 0.3) is 0 Å². The van der Waals surface area contributed by atoms with E-state index in [1.165, 1.54) is 4.90 Å². The van der Waals surface area contributed by atoms with E-state index >= 15 is 0 Å². The van der Waals surface area contributed by atoms with Crippen LogP contribution in [0.2, 0.25) is 0 Å². The van der Waals surface area contributed by atoms with Crippen molar-refractivity contribution in [3.05, 3.63) is 0 Å². The van der Waals surface area contributed by atoms with Gasteiger partial charge < -0.3 is 0 Å². The lowest BCUT2D eigenvalue weighted by Gasteiger charge is -2.37. The van der Waals surface area contributed by atoms with Gasteiger partial charge in [-0.15, -0.1) is 0 Å². The first-order chi connectivity index (χ1) is 8.33. The summed E-state index contributed by atoms with van der Waals surface area (Å²) in [6, 6.07) is 2.15. The number of hydrogen-bond acceptors (Lipinski definition) is 2. The molecule has 2 unspecified atom stereocenters. The molecule has 1 fully saturated rings. The van der Waals surface area contributed by atoms with Crippen LogP contribution in [0, 0.1) is 17.2 Å². The lowest BCUT2D eigenvalue weighted by molar-refractivity contribution is -0.149. The van der Waals surface area contributed by atoms with Crippen LogP contribution < -0.4 is 0 Å². The van der Waals surface area contributed by atoms with Crippen LogP contribution in [0.4, 0.5) is 13.2 Å². The number of rotatable bonds is 4. The maximum atomic E-state index is 12.4. The largest absolute Gasteiger partial charge is 0.401 e. The molecule has 0 spiro atoms. The topological polar surface area (TPSA) is 27.0 Å². The number of halogens is 4. The van der Waals surface area contributed by atoms with Crippen LogP contribution in [0.25, 0.3) is 0 Å². The zero-order valence-electron chi connectivity index (χ0n) is 10.4. The van der Waals surface area contributed by atoms with Gasteiger partial charge in [-0.25, -0.2) is 0 Å². The lowest BCUT2D eigenvalue weighted by atomic mass is 9.82. The molecule has 0 aromatic heterocycles. The standard InChI is InChI=1S/C12H18F3IN2/c1-18(8-12(13,14)15)10-4-2-3-9(7-10)11(16)5-6-17/h9-11H,2-5,7-8H2,1H3/t9?,10-,11?/m1/s1. The van der Waals surface area contributed by atoms with Gasteiger partial charge in [-0.05, 0) is 32.2 Å². The number of alkyl halides is 4. The van der Waals surface area contributed by atoms with Crippen molar-refractivity contribution in [2.45, 2.75) is 48.2 Å². The molecule has 1 rings (SSSR count). The van der Waals surface area contributed by atoms with Crippen LogP contribution in [0.3, 0.4) is 0 Å². The molecule has 104 valence electrons. The van der Waals surface area contributed by atoms with Gasteiger partial charge in [0.1, 0.15) is 0 Å². The van der Waals surface area contributed by atoms with Crippen molar-refractivity contribution in [1.82, 2.24) is 4.90 Å². The van der Waals surface area contributed by atoms with E-state index in [2.05, 4.69) is 28.7 Å². The molecule has 0 heterocycles. The summed E-state index contributed by atoms with van der Waals surface area (Å²) in [5.74, 6) is 0.375. The first-order valence-electron chi connectivity index (χ1n) is 6.11. The van der Waals surface area contributed by atoms with Gasteiger partial charge >= 0.3 is 6.18 Å². The molecule has 18 heavy (non-hydrogen) atoms. The molecule has 0 radical (unpaired) electrons. The van der Waals surface area contributed by atoms with Gasteiger partial charge in [0, 0.05) is 16.4 Å². The Morgan fingerprint density at radius 1 is 1.44 bits per heavy atom. The molecule has 2 nitrogen and oxygen atoms in total. The van der Waals surface area contributed by atoms with Gasteiger partial charge in [-0.2, -0.15) is 18.4 Å². The van der Waals surface area contributed by atoms with Gasteiger partial charge in [0.15, 0.2) is 0 Å². The molecular weight excluding hydrogens is 356 g/mol. The highest BCUT2D eigenvalue weighted by atomic mass is 127. The average molecular weight is 374 g/mol. The first-order valence-corrected chi connectivity index (χ1v) is 7.36. The fraction of sp³-hybridized carbons (Fsp3) is 0.917. The highest BCUT2D eigenvalue weighted by Crippen LogP contribution is 2.34. The summed E-state index contributed by atoms with van der Waals surface area (Å²) in [6.45, 7) is -0.839. The average Bonchev–Trinajstić information content (AvgIpc) is 2.27. The van der Waals surface area contributed by atoms with Crippen LogP contribution in [-0.2, 0) is 0 Å². The number of nitriles is 1. The zero-order chi connectivity index (χ0) is 13.8. The molecule has 1 aliphatic carbocycles. The molecule has 0 saturated heterocycles.